The van der Waals surface area contributed by atoms with Gasteiger partial charge in [0.15, 0.2) is 11.5 Å². The Labute approximate surface area is 84.6 Å². The number of rotatable bonds is 0. The van der Waals surface area contributed by atoms with Crippen LogP contribution in [0, 0.1) is 0 Å². The fourth-order valence-electron chi connectivity index (χ4n) is 1.51. The van der Waals surface area contributed by atoms with Crippen LogP contribution < -0.4 is 5.73 Å². The average molecular weight is 207 g/mol. The maximum atomic E-state index is 9.54. The predicted molar refractivity (Wildman–Crippen MR) is 55.0 cm³/mol. The minimum atomic E-state index is -0.625. The van der Waals surface area contributed by atoms with Gasteiger partial charge in [-0.2, -0.15) is 0 Å². The van der Waals surface area contributed by atoms with Crippen molar-refractivity contribution >= 4 is 16.5 Å². The van der Waals surface area contributed by atoms with Crippen LogP contribution in [0.5, 0.6) is 23.0 Å². The number of fused-ring (bicyclic) bond motifs is 1. The summed E-state index contributed by atoms with van der Waals surface area (Å²) in [6.07, 6.45) is 0. The summed E-state index contributed by atoms with van der Waals surface area (Å²) in [6.45, 7) is 0. The average Bonchev–Trinajstić information content (AvgIpc) is 2.13. The number of nitrogens with two attached hydrogens (primary N) is 1. The van der Waals surface area contributed by atoms with Gasteiger partial charge in [-0.3, -0.25) is 0 Å². The van der Waals surface area contributed by atoms with Crippen LogP contribution in [0.25, 0.3) is 10.8 Å². The van der Waals surface area contributed by atoms with Crippen LogP contribution in [0.1, 0.15) is 0 Å². The second-order valence-corrected chi connectivity index (χ2v) is 3.23. The molecule has 2 aromatic carbocycles. The van der Waals surface area contributed by atoms with Crippen molar-refractivity contribution in [2.24, 2.45) is 0 Å². The Morgan fingerprint density at radius 3 is 2.20 bits per heavy atom. The van der Waals surface area contributed by atoms with E-state index >= 15 is 0 Å². The van der Waals surface area contributed by atoms with Crippen LogP contribution in [0.15, 0.2) is 18.2 Å². The Hall–Kier alpha value is -2.30. The van der Waals surface area contributed by atoms with Crippen molar-refractivity contribution in [1.29, 1.82) is 0 Å². The molecule has 5 heteroatoms. The Bertz CT molecular complexity index is 551. The van der Waals surface area contributed by atoms with Crippen LogP contribution >= 0.6 is 0 Å². The number of nitrogen functional groups attached to an aromatic ring is 1. The van der Waals surface area contributed by atoms with E-state index in [1.807, 2.05) is 0 Å². The molecule has 6 N–H and O–H groups in total. The largest absolute Gasteiger partial charge is 0.508 e. The molecule has 2 rings (SSSR count). The highest BCUT2D eigenvalue weighted by Crippen LogP contribution is 2.44. The van der Waals surface area contributed by atoms with E-state index in [1.54, 1.807) is 0 Å². The molecule has 0 aromatic heterocycles. The summed E-state index contributed by atoms with van der Waals surface area (Å²) in [4.78, 5) is 0. The van der Waals surface area contributed by atoms with Gasteiger partial charge in [0.1, 0.15) is 5.75 Å². The van der Waals surface area contributed by atoms with Crippen molar-refractivity contribution in [3.05, 3.63) is 18.2 Å². The van der Waals surface area contributed by atoms with Gasteiger partial charge in [-0.15, -0.1) is 0 Å². The summed E-state index contributed by atoms with van der Waals surface area (Å²) in [6, 6.07) is 3.78. The van der Waals surface area contributed by atoms with E-state index in [-0.39, 0.29) is 16.8 Å². The lowest BCUT2D eigenvalue weighted by Gasteiger charge is -2.08. The molecule has 0 heterocycles. The van der Waals surface area contributed by atoms with Gasteiger partial charge in [0.05, 0.1) is 5.39 Å². The molecule has 5 nitrogen and oxygen atoms in total. The lowest BCUT2D eigenvalue weighted by atomic mass is 10.1. The molecule has 0 saturated heterocycles. The zero-order valence-corrected chi connectivity index (χ0v) is 7.60. The summed E-state index contributed by atoms with van der Waals surface area (Å²) < 4.78 is 0. The first-order valence-electron chi connectivity index (χ1n) is 4.17. The zero-order valence-electron chi connectivity index (χ0n) is 7.60. The summed E-state index contributed by atoms with van der Waals surface area (Å²) in [5.41, 5.74) is 5.69. The molecule has 0 fully saturated rings. The minimum Gasteiger partial charge on any atom is -0.508 e. The van der Waals surface area contributed by atoms with Crippen molar-refractivity contribution in [2.45, 2.75) is 0 Å². The molecule has 78 valence electrons. The maximum Gasteiger partial charge on any atom is 0.201 e. The molecule has 0 aliphatic rings. The van der Waals surface area contributed by atoms with Crippen LogP contribution in [0.2, 0.25) is 0 Å². The van der Waals surface area contributed by atoms with Gasteiger partial charge in [-0.05, 0) is 17.5 Å². The van der Waals surface area contributed by atoms with E-state index in [0.29, 0.717) is 5.39 Å². The molecule has 0 saturated carbocycles. The van der Waals surface area contributed by atoms with E-state index < -0.39 is 17.2 Å². The zero-order chi connectivity index (χ0) is 11.2. The molecule has 2 aromatic rings. The minimum absolute atomic E-state index is 0.0792. The van der Waals surface area contributed by atoms with E-state index in [9.17, 15) is 20.4 Å². The van der Waals surface area contributed by atoms with Crippen molar-refractivity contribution < 1.29 is 20.4 Å². The van der Waals surface area contributed by atoms with E-state index in [0.717, 1.165) is 0 Å². The quantitative estimate of drug-likeness (QED) is 0.330. The predicted octanol–water partition coefficient (Wildman–Crippen LogP) is 1.24. The molecular weight excluding hydrogens is 198 g/mol. The van der Waals surface area contributed by atoms with Crippen molar-refractivity contribution in [1.82, 2.24) is 0 Å². The van der Waals surface area contributed by atoms with Gasteiger partial charge in [-0.25, -0.2) is 0 Å². The van der Waals surface area contributed by atoms with Crippen LogP contribution in [0.4, 0.5) is 5.69 Å². The van der Waals surface area contributed by atoms with Crippen molar-refractivity contribution in [2.75, 3.05) is 5.73 Å². The SMILES string of the molecule is Nc1cc(O)cc2cc(O)c(O)c(O)c12. The fourth-order valence-corrected chi connectivity index (χ4v) is 1.51. The molecule has 0 amide bonds. The topological polar surface area (TPSA) is 107 Å². The van der Waals surface area contributed by atoms with E-state index in [4.69, 9.17) is 5.73 Å². The third-order valence-corrected chi connectivity index (χ3v) is 2.18. The van der Waals surface area contributed by atoms with Gasteiger partial charge in [0, 0.05) is 11.8 Å². The first-order valence-corrected chi connectivity index (χ1v) is 4.17. The molecule has 0 aliphatic carbocycles. The highest BCUT2D eigenvalue weighted by atomic mass is 16.3. The Morgan fingerprint density at radius 1 is 0.867 bits per heavy atom. The van der Waals surface area contributed by atoms with Crippen molar-refractivity contribution in [3.63, 3.8) is 0 Å². The number of anilines is 1. The van der Waals surface area contributed by atoms with Crippen LogP contribution in [-0.4, -0.2) is 20.4 Å². The second-order valence-electron chi connectivity index (χ2n) is 3.23. The van der Waals surface area contributed by atoms with E-state index in [2.05, 4.69) is 0 Å². The standard InChI is InChI=1S/C10H9NO4/c11-6-3-5(12)1-4-2-7(13)9(14)10(15)8(4)6/h1-3,12-15H,11H2. The third-order valence-electron chi connectivity index (χ3n) is 2.18. The van der Waals surface area contributed by atoms with Gasteiger partial charge >= 0.3 is 0 Å². The lowest BCUT2D eigenvalue weighted by molar-refractivity contribution is 0.371. The van der Waals surface area contributed by atoms with Gasteiger partial charge < -0.3 is 26.2 Å². The van der Waals surface area contributed by atoms with Gasteiger partial charge in [0.25, 0.3) is 0 Å². The fraction of sp³-hybridized carbons (Fsp3) is 0. The van der Waals surface area contributed by atoms with Gasteiger partial charge in [0.2, 0.25) is 5.75 Å². The van der Waals surface area contributed by atoms with Crippen LogP contribution in [-0.2, 0) is 0 Å². The normalized spacial score (nSPS) is 10.7. The first-order chi connectivity index (χ1) is 7.00. The summed E-state index contributed by atoms with van der Waals surface area (Å²) in [7, 11) is 0. The number of phenolic OH excluding ortho intramolecular Hbond substituents is 4. The lowest BCUT2D eigenvalue weighted by Crippen LogP contribution is -1.88. The molecule has 0 aliphatic heterocycles. The molecule has 0 radical (unpaired) electrons. The Balaban J connectivity index is 2.99. The third kappa shape index (κ3) is 1.25. The molecule has 15 heavy (non-hydrogen) atoms. The maximum absolute atomic E-state index is 9.54. The molecule has 0 unspecified atom stereocenters. The molecule has 0 atom stereocenters. The number of benzene rings is 2. The van der Waals surface area contributed by atoms with Gasteiger partial charge in [-0.1, -0.05) is 0 Å². The molecule has 0 spiro atoms. The number of hydrogen-bond donors (Lipinski definition) is 5. The monoisotopic (exact) mass is 207 g/mol. The summed E-state index contributed by atoms with van der Waals surface area (Å²) >= 11 is 0. The number of aromatic hydroxyl groups is 4. The number of phenols is 4. The Kier molecular flexibility index (Phi) is 1.76. The first kappa shape index (κ1) is 9.26. The summed E-state index contributed by atoms with van der Waals surface area (Å²) in [5.74, 6) is -1.67. The van der Waals surface area contributed by atoms with Crippen LogP contribution in [0.3, 0.4) is 0 Å². The highest BCUT2D eigenvalue weighted by molar-refractivity contribution is 6.01. The molecular formula is C10H9NO4. The molecule has 0 bridgehead atoms. The Morgan fingerprint density at radius 2 is 1.53 bits per heavy atom. The smallest absolute Gasteiger partial charge is 0.201 e. The van der Waals surface area contributed by atoms with Crippen molar-refractivity contribution in [3.8, 4) is 23.0 Å². The second kappa shape index (κ2) is 2.84. The number of hydrogen-bond acceptors (Lipinski definition) is 5. The highest BCUT2D eigenvalue weighted by Gasteiger charge is 2.14. The van der Waals surface area contributed by atoms with E-state index in [1.165, 1.54) is 18.2 Å². The summed E-state index contributed by atoms with van der Waals surface area (Å²) in [5, 5.41) is 37.9.